The fraction of sp³-hybridized carbons (Fsp3) is 0. The third-order valence-electron chi connectivity index (χ3n) is 3.35. The van der Waals surface area contributed by atoms with Crippen LogP contribution in [0.5, 0.6) is 11.5 Å². The van der Waals surface area contributed by atoms with Crippen molar-refractivity contribution in [3.63, 3.8) is 0 Å². The number of nitrogens with one attached hydrogen (secondary N) is 1. The van der Waals surface area contributed by atoms with Gasteiger partial charge in [-0.15, -0.1) is 0 Å². The van der Waals surface area contributed by atoms with Crippen LogP contribution >= 0.6 is 11.6 Å². The zero-order valence-corrected chi connectivity index (χ0v) is 12.1. The van der Waals surface area contributed by atoms with Gasteiger partial charge in [0.25, 0.3) is 5.91 Å². The molecule has 0 fully saturated rings. The molecular weight excluding hydrogens is 302 g/mol. The Kier molecular flexibility index (Phi) is 3.61. The maximum Gasteiger partial charge on any atom is 0.263 e. The normalized spacial score (nSPS) is 10.6. The highest BCUT2D eigenvalue weighted by atomic mass is 35.5. The molecule has 0 saturated heterocycles. The van der Waals surface area contributed by atoms with Gasteiger partial charge in [0.15, 0.2) is 0 Å². The van der Waals surface area contributed by atoms with Crippen molar-refractivity contribution in [3.8, 4) is 11.5 Å². The van der Waals surface area contributed by atoms with Gasteiger partial charge in [-0.05, 0) is 23.6 Å². The number of aromatic hydroxyl groups is 2. The van der Waals surface area contributed by atoms with Gasteiger partial charge in [0.2, 0.25) is 0 Å². The molecule has 3 aromatic rings. The van der Waals surface area contributed by atoms with E-state index in [1.54, 1.807) is 48.5 Å². The summed E-state index contributed by atoms with van der Waals surface area (Å²) in [5, 5.41) is 24.4. The largest absolute Gasteiger partial charge is 0.507 e. The first kappa shape index (κ1) is 14.2. The van der Waals surface area contributed by atoms with Gasteiger partial charge < -0.3 is 15.5 Å². The van der Waals surface area contributed by atoms with E-state index < -0.39 is 5.91 Å². The van der Waals surface area contributed by atoms with Crippen LogP contribution in [0.4, 0.5) is 5.69 Å². The van der Waals surface area contributed by atoms with Crippen LogP contribution in [0.2, 0.25) is 5.02 Å². The number of anilines is 1. The lowest BCUT2D eigenvalue weighted by Crippen LogP contribution is -2.12. The van der Waals surface area contributed by atoms with E-state index in [2.05, 4.69) is 5.32 Å². The minimum Gasteiger partial charge on any atom is -0.507 e. The first-order valence-electron chi connectivity index (χ1n) is 6.57. The molecule has 0 unspecified atom stereocenters. The summed E-state index contributed by atoms with van der Waals surface area (Å²) in [5.41, 5.74) is 0.222. The average Bonchev–Trinajstić information content (AvgIpc) is 2.49. The molecule has 0 radical (unpaired) electrons. The summed E-state index contributed by atoms with van der Waals surface area (Å²) < 4.78 is 0. The molecule has 0 spiro atoms. The number of carbonyl (C=O) groups excluding carboxylic acids is 1. The Balaban J connectivity index is 2.06. The first-order valence-corrected chi connectivity index (χ1v) is 6.95. The molecule has 0 aromatic heterocycles. The molecule has 3 rings (SSSR count). The van der Waals surface area contributed by atoms with Crippen molar-refractivity contribution in [3.05, 3.63) is 65.2 Å². The summed E-state index contributed by atoms with van der Waals surface area (Å²) in [7, 11) is 0. The molecule has 0 aliphatic carbocycles. The van der Waals surface area contributed by atoms with Crippen LogP contribution in [0.15, 0.2) is 54.6 Å². The van der Waals surface area contributed by atoms with E-state index in [-0.39, 0.29) is 17.1 Å². The second-order valence-electron chi connectivity index (χ2n) is 4.77. The topological polar surface area (TPSA) is 69.6 Å². The van der Waals surface area contributed by atoms with Crippen molar-refractivity contribution in [2.24, 2.45) is 0 Å². The Morgan fingerprint density at radius 2 is 1.68 bits per heavy atom. The molecule has 22 heavy (non-hydrogen) atoms. The monoisotopic (exact) mass is 313 g/mol. The Morgan fingerprint density at radius 1 is 1.00 bits per heavy atom. The Morgan fingerprint density at radius 3 is 2.45 bits per heavy atom. The van der Waals surface area contributed by atoms with Gasteiger partial charge in [0, 0.05) is 5.39 Å². The van der Waals surface area contributed by atoms with Crippen LogP contribution in [0.1, 0.15) is 10.4 Å². The molecular formula is C17H12ClNO3. The van der Waals surface area contributed by atoms with Gasteiger partial charge >= 0.3 is 0 Å². The summed E-state index contributed by atoms with van der Waals surface area (Å²) in [6, 6.07) is 15.1. The zero-order chi connectivity index (χ0) is 15.7. The lowest BCUT2D eigenvalue weighted by molar-refractivity contribution is 0.102. The van der Waals surface area contributed by atoms with Crippen LogP contribution < -0.4 is 5.32 Å². The Labute approximate surface area is 131 Å². The summed E-state index contributed by atoms with van der Waals surface area (Å²) in [6.07, 6.45) is 0. The second-order valence-corrected chi connectivity index (χ2v) is 5.18. The molecule has 3 N–H and O–H groups in total. The van der Waals surface area contributed by atoms with Gasteiger partial charge in [-0.2, -0.15) is 0 Å². The minimum absolute atomic E-state index is 0.182. The van der Waals surface area contributed by atoms with E-state index in [1.807, 2.05) is 0 Å². The standard InChI is InChI=1S/C17H12ClNO3/c18-12-7-3-4-8-13(12)19-17(22)15-14(20)9-10-5-1-2-6-11(10)16(15)21/h1-9,20-21H,(H,19,22). The molecule has 0 bridgehead atoms. The molecule has 0 atom stereocenters. The van der Waals surface area contributed by atoms with E-state index in [1.165, 1.54) is 6.07 Å². The fourth-order valence-electron chi connectivity index (χ4n) is 2.29. The minimum atomic E-state index is -0.631. The maximum absolute atomic E-state index is 12.4. The van der Waals surface area contributed by atoms with E-state index >= 15 is 0 Å². The zero-order valence-electron chi connectivity index (χ0n) is 11.4. The predicted octanol–water partition coefficient (Wildman–Crippen LogP) is 4.16. The predicted molar refractivity (Wildman–Crippen MR) is 86.7 cm³/mol. The molecule has 110 valence electrons. The molecule has 0 aliphatic heterocycles. The van der Waals surface area contributed by atoms with Crippen LogP contribution in [0, 0.1) is 0 Å². The van der Waals surface area contributed by atoms with Crippen molar-refractivity contribution in [2.75, 3.05) is 5.32 Å². The lowest BCUT2D eigenvalue weighted by Gasteiger charge is -2.11. The summed E-state index contributed by atoms with van der Waals surface area (Å²) in [6.45, 7) is 0. The molecule has 0 aliphatic rings. The third-order valence-corrected chi connectivity index (χ3v) is 3.68. The number of phenolic OH excluding ortho intramolecular Hbond substituents is 2. The molecule has 4 nitrogen and oxygen atoms in total. The van der Waals surface area contributed by atoms with Gasteiger partial charge in [-0.3, -0.25) is 4.79 Å². The van der Waals surface area contributed by atoms with Gasteiger partial charge in [0.1, 0.15) is 17.1 Å². The Bertz CT molecular complexity index is 877. The number of amides is 1. The number of halogens is 1. The van der Waals surface area contributed by atoms with Crippen molar-refractivity contribution in [2.45, 2.75) is 0 Å². The summed E-state index contributed by atoms with van der Waals surface area (Å²) in [5.74, 6) is -1.19. The molecule has 5 heteroatoms. The number of para-hydroxylation sites is 1. The second kappa shape index (κ2) is 5.58. The number of hydrogen-bond acceptors (Lipinski definition) is 3. The molecule has 0 heterocycles. The van der Waals surface area contributed by atoms with Crippen LogP contribution in [0.25, 0.3) is 10.8 Å². The third kappa shape index (κ3) is 2.44. The van der Waals surface area contributed by atoms with E-state index in [0.717, 1.165) is 0 Å². The lowest BCUT2D eigenvalue weighted by atomic mass is 10.0. The molecule has 1 amide bonds. The highest BCUT2D eigenvalue weighted by molar-refractivity contribution is 6.34. The van der Waals surface area contributed by atoms with Crippen LogP contribution in [-0.2, 0) is 0 Å². The highest BCUT2D eigenvalue weighted by Crippen LogP contribution is 2.36. The SMILES string of the molecule is O=C(Nc1ccccc1Cl)c1c(O)cc2ccccc2c1O. The fourth-order valence-corrected chi connectivity index (χ4v) is 2.47. The first-order chi connectivity index (χ1) is 10.6. The Hall–Kier alpha value is -2.72. The quantitative estimate of drug-likeness (QED) is 0.665. The van der Waals surface area contributed by atoms with Gasteiger partial charge in [-0.25, -0.2) is 0 Å². The maximum atomic E-state index is 12.4. The van der Waals surface area contributed by atoms with Crippen molar-refractivity contribution in [1.82, 2.24) is 0 Å². The van der Waals surface area contributed by atoms with Crippen molar-refractivity contribution in [1.29, 1.82) is 0 Å². The van der Waals surface area contributed by atoms with E-state index in [0.29, 0.717) is 21.5 Å². The number of benzene rings is 3. The smallest absolute Gasteiger partial charge is 0.263 e. The number of hydrogen-bond donors (Lipinski definition) is 3. The van der Waals surface area contributed by atoms with Crippen LogP contribution in [0.3, 0.4) is 0 Å². The summed E-state index contributed by atoms with van der Waals surface area (Å²) >= 11 is 5.99. The molecule has 3 aromatic carbocycles. The number of phenols is 2. The molecule has 0 saturated carbocycles. The van der Waals surface area contributed by atoms with E-state index in [4.69, 9.17) is 11.6 Å². The number of rotatable bonds is 2. The average molecular weight is 314 g/mol. The van der Waals surface area contributed by atoms with Gasteiger partial charge in [-0.1, -0.05) is 48.0 Å². The summed E-state index contributed by atoms with van der Waals surface area (Å²) in [4.78, 5) is 12.4. The van der Waals surface area contributed by atoms with Crippen molar-refractivity contribution < 1.29 is 15.0 Å². The van der Waals surface area contributed by atoms with Crippen LogP contribution in [-0.4, -0.2) is 16.1 Å². The number of carbonyl (C=O) groups is 1. The van der Waals surface area contributed by atoms with E-state index in [9.17, 15) is 15.0 Å². The highest BCUT2D eigenvalue weighted by Gasteiger charge is 2.20. The van der Waals surface area contributed by atoms with Crippen molar-refractivity contribution >= 4 is 34.0 Å². The van der Waals surface area contributed by atoms with Gasteiger partial charge in [0.05, 0.1) is 10.7 Å². The number of fused-ring (bicyclic) bond motifs is 1.